The average Bonchev–Trinajstić information content (AvgIpc) is 3.18. The van der Waals surface area contributed by atoms with Gasteiger partial charge in [-0.15, -0.1) is 11.8 Å². The van der Waals surface area contributed by atoms with Crippen molar-refractivity contribution < 1.29 is 33.3 Å². The summed E-state index contributed by atoms with van der Waals surface area (Å²) < 4.78 is 21.9. The summed E-state index contributed by atoms with van der Waals surface area (Å²) >= 11 is 7.63. The Bertz CT molecular complexity index is 2090. The fourth-order valence-corrected chi connectivity index (χ4v) is 6.45. The number of amides is 3. The quantitative estimate of drug-likeness (QED) is 0.0762. The molecule has 1 unspecified atom stereocenters. The van der Waals surface area contributed by atoms with Crippen LogP contribution in [0.25, 0.3) is 6.08 Å². The first-order valence-corrected chi connectivity index (χ1v) is 17.6. The lowest BCUT2D eigenvalue weighted by Gasteiger charge is -2.19. The molecule has 53 heavy (non-hydrogen) atoms. The van der Waals surface area contributed by atoms with Crippen LogP contribution in [0.15, 0.2) is 120 Å². The van der Waals surface area contributed by atoms with E-state index >= 15 is 0 Å². The van der Waals surface area contributed by atoms with Crippen molar-refractivity contribution in [3.63, 3.8) is 0 Å². The largest absolute Gasteiger partial charge is 0.495 e. The van der Waals surface area contributed by atoms with Crippen LogP contribution in [0.3, 0.4) is 0 Å². The highest BCUT2D eigenvalue weighted by Crippen LogP contribution is 2.40. The minimum absolute atomic E-state index is 0.0275. The standard InChI is InChI=1S/C41H38ClN3O7S/c1-25-20-32(34(49-2)24-31(25)42)44-41(48)38(27-12-8-6-9-13-27)53-30-18-16-29(17-19-30)43-40(47)33(45-39(46)28-14-10-7-11-15-28)21-26-22-35(50-3)37(52-5)36(23-26)51-4/h6-24,38H,1-5H3,(H,43,47)(H,44,48)(H,45,46)/b33-21-. The highest BCUT2D eigenvalue weighted by atomic mass is 35.5. The maximum Gasteiger partial charge on any atom is 0.272 e. The van der Waals surface area contributed by atoms with E-state index < -0.39 is 17.1 Å². The number of aryl methyl sites for hydroxylation is 1. The number of nitrogens with one attached hydrogen (secondary N) is 3. The Morgan fingerprint density at radius 3 is 1.91 bits per heavy atom. The number of anilines is 2. The maximum atomic E-state index is 13.8. The predicted molar refractivity (Wildman–Crippen MR) is 209 cm³/mol. The number of rotatable bonds is 14. The van der Waals surface area contributed by atoms with Gasteiger partial charge in [0.1, 0.15) is 16.7 Å². The minimum Gasteiger partial charge on any atom is -0.495 e. The molecule has 1 atom stereocenters. The van der Waals surface area contributed by atoms with E-state index in [0.717, 1.165) is 16.0 Å². The van der Waals surface area contributed by atoms with E-state index in [-0.39, 0.29) is 11.6 Å². The van der Waals surface area contributed by atoms with Crippen LogP contribution in [0.2, 0.25) is 5.02 Å². The van der Waals surface area contributed by atoms with Crippen molar-refractivity contribution in [1.82, 2.24) is 5.32 Å². The first-order chi connectivity index (χ1) is 25.6. The highest BCUT2D eigenvalue weighted by molar-refractivity contribution is 8.00. The van der Waals surface area contributed by atoms with Gasteiger partial charge in [0.2, 0.25) is 11.7 Å². The van der Waals surface area contributed by atoms with Crippen LogP contribution in [0.5, 0.6) is 23.0 Å². The first-order valence-electron chi connectivity index (χ1n) is 16.3. The molecule has 0 aliphatic carbocycles. The number of thioether (sulfide) groups is 1. The second kappa shape index (κ2) is 18.0. The van der Waals surface area contributed by atoms with Gasteiger partial charge in [-0.1, -0.05) is 60.1 Å². The number of carbonyl (C=O) groups is 3. The first kappa shape index (κ1) is 38.3. The van der Waals surface area contributed by atoms with Gasteiger partial charge in [0.05, 0.1) is 34.1 Å². The molecule has 0 saturated heterocycles. The van der Waals surface area contributed by atoms with Gasteiger partial charge in [-0.3, -0.25) is 14.4 Å². The summed E-state index contributed by atoms with van der Waals surface area (Å²) in [6.07, 6.45) is 1.52. The number of methoxy groups -OCH3 is 4. The molecule has 5 aromatic rings. The van der Waals surface area contributed by atoms with Crippen molar-refractivity contribution in [3.05, 3.63) is 142 Å². The molecule has 0 radical (unpaired) electrons. The van der Waals surface area contributed by atoms with Crippen molar-refractivity contribution in [1.29, 1.82) is 0 Å². The van der Waals surface area contributed by atoms with Crippen molar-refractivity contribution >= 4 is 58.5 Å². The van der Waals surface area contributed by atoms with Gasteiger partial charge in [0, 0.05) is 27.2 Å². The van der Waals surface area contributed by atoms with Gasteiger partial charge < -0.3 is 34.9 Å². The molecule has 5 aromatic carbocycles. The molecule has 0 bridgehead atoms. The topological polar surface area (TPSA) is 124 Å². The molecule has 0 fully saturated rings. The number of ether oxygens (including phenoxy) is 4. The lowest BCUT2D eigenvalue weighted by atomic mass is 10.1. The number of hydrogen-bond donors (Lipinski definition) is 3. The summed E-state index contributed by atoms with van der Waals surface area (Å²) in [5.74, 6) is 0.297. The summed E-state index contributed by atoms with van der Waals surface area (Å²) in [6.45, 7) is 1.85. The van der Waals surface area contributed by atoms with E-state index in [4.69, 9.17) is 30.5 Å². The van der Waals surface area contributed by atoms with Crippen molar-refractivity contribution in [2.75, 3.05) is 39.1 Å². The van der Waals surface area contributed by atoms with E-state index in [1.807, 2.05) is 49.4 Å². The van der Waals surface area contributed by atoms with E-state index in [1.54, 1.807) is 66.7 Å². The Balaban J connectivity index is 1.39. The Hall–Kier alpha value is -5.91. The highest BCUT2D eigenvalue weighted by Gasteiger charge is 2.24. The molecule has 0 heterocycles. The molecular formula is C41H38ClN3O7S. The second-order valence-corrected chi connectivity index (χ2v) is 13.1. The van der Waals surface area contributed by atoms with Crippen LogP contribution in [-0.4, -0.2) is 46.2 Å². The fourth-order valence-electron chi connectivity index (χ4n) is 5.27. The van der Waals surface area contributed by atoms with E-state index in [9.17, 15) is 14.4 Å². The molecule has 12 heteroatoms. The third kappa shape index (κ3) is 9.70. The van der Waals surface area contributed by atoms with Crippen LogP contribution in [0.1, 0.15) is 32.3 Å². The molecule has 10 nitrogen and oxygen atoms in total. The maximum absolute atomic E-state index is 13.8. The predicted octanol–water partition coefficient (Wildman–Crippen LogP) is 8.56. The zero-order valence-electron chi connectivity index (χ0n) is 29.7. The monoisotopic (exact) mass is 751 g/mol. The molecule has 0 aliphatic rings. The Morgan fingerprint density at radius 2 is 1.32 bits per heavy atom. The van der Waals surface area contributed by atoms with Crippen LogP contribution >= 0.6 is 23.4 Å². The van der Waals surface area contributed by atoms with Gasteiger partial charge in [0.15, 0.2) is 11.5 Å². The lowest BCUT2D eigenvalue weighted by Crippen LogP contribution is -2.30. The molecule has 5 rings (SSSR count). The summed E-state index contributed by atoms with van der Waals surface area (Å²) in [5.41, 5.74) is 3.43. The number of halogens is 1. The molecule has 272 valence electrons. The summed E-state index contributed by atoms with van der Waals surface area (Å²) in [6, 6.07) is 31.8. The van der Waals surface area contributed by atoms with E-state index in [1.165, 1.54) is 46.3 Å². The molecule has 3 amide bonds. The van der Waals surface area contributed by atoms with E-state index in [0.29, 0.717) is 50.5 Å². The van der Waals surface area contributed by atoms with Gasteiger partial charge in [-0.2, -0.15) is 0 Å². The molecule has 0 spiro atoms. The summed E-state index contributed by atoms with van der Waals surface area (Å²) in [4.78, 5) is 41.5. The Labute approximate surface area is 317 Å². The number of carbonyl (C=O) groups excluding carboxylic acids is 3. The van der Waals surface area contributed by atoms with Crippen LogP contribution < -0.4 is 34.9 Å². The van der Waals surface area contributed by atoms with E-state index in [2.05, 4.69) is 16.0 Å². The van der Waals surface area contributed by atoms with Gasteiger partial charge in [0.25, 0.3) is 11.8 Å². The van der Waals surface area contributed by atoms with Crippen molar-refractivity contribution in [2.24, 2.45) is 0 Å². The van der Waals surface area contributed by atoms with Crippen LogP contribution in [-0.2, 0) is 9.59 Å². The fraction of sp³-hybridized carbons (Fsp3) is 0.146. The smallest absolute Gasteiger partial charge is 0.272 e. The SMILES string of the molecule is COc1cc(Cl)c(C)cc1NC(=O)C(Sc1ccc(NC(=O)/C(=C/c2cc(OC)c(OC)c(OC)c2)NC(=O)c2ccccc2)cc1)c1ccccc1. The van der Waals surface area contributed by atoms with Gasteiger partial charge >= 0.3 is 0 Å². The summed E-state index contributed by atoms with van der Waals surface area (Å²) in [5, 5.41) is 8.51. The number of benzene rings is 5. The Morgan fingerprint density at radius 1 is 0.717 bits per heavy atom. The average molecular weight is 752 g/mol. The number of hydrogen-bond acceptors (Lipinski definition) is 8. The molecule has 0 saturated carbocycles. The third-order valence-corrected chi connectivity index (χ3v) is 9.65. The Kier molecular flexibility index (Phi) is 13.0. The third-order valence-electron chi connectivity index (χ3n) is 7.97. The molecular weight excluding hydrogens is 714 g/mol. The molecule has 0 aromatic heterocycles. The van der Waals surface area contributed by atoms with Gasteiger partial charge in [-0.05, 0) is 84.3 Å². The van der Waals surface area contributed by atoms with Crippen LogP contribution in [0, 0.1) is 6.92 Å². The van der Waals surface area contributed by atoms with Gasteiger partial charge in [-0.25, -0.2) is 0 Å². The zero-order valence-corrected chi connectivity index (χ0v) is 31.3. The molecule has 3 N–H and O–H groups in total. The second-order valence-electron chi connectivity index (χ2n) is 11.5. The van der Waals surface area contributed by atoms with Crippen molar-refractivity contribution in [3.8, 4) is 23.0 Å². The summed E-state index contributed by atoms with van der Waals surface area (Å²) in [7, 11) is 5.99. The van der Waals surface area contributed by atoms with Crippen molar-refractivity contribution in [2.45, 2.75) is 17.1 Å². The minimum atomic E-state index is -0.626. The normalized spacial score (nSPS) is 11.5. The van der Waals surface area contributed by atoms with Crippen LogP contribution in [0.4, 0.5) is 11.4 Å². The zero-order chi connectivity index (χ0) is 37.9. The lowest BCUT2D eigenvalue weighted by molar-refractivity contribution is -0.116. The molecule has 0 aliphatic heterocycles.